The van der Waals surface area contributed by atoms with Crippen LogP contribution in [0.15, 0.2) is 115 Å². The maximum atomic E-state index is 14.4. The molecule has 0 saturated carbocycles. The predicted octanol–water partition coefficient (Wildman–Crippen LogP) is 7.39. The summed E-state index contributed by atoms with van der Waals surface area (Å²) in [5, 5.41) is 2.28. The zero-order chi connectivity index (χ0) is 25.6. The minimum atomic E-state index is -0.253. The number of benzene rings is 5. The van der Waals surface area contributed by atoms with Crippen molar-refractivity contribution in [3.63, 3.8) is 0 Å². The van der Waals surface area contributed by atoms with E-state index in [9.17, 15) is 4.39 Å². The standard InChI is InChI=1S/C34H33FN2/c35-28-15-9-14-26(21-28)32-23-27(22-29(36)20-25-12-5-2-6-13-25)30-16-7-8-17-31(30)34(32)33(37)19-18-24-10-3-1-4-11-24/h1-17,21,23,29,33H,18-20,22,36-37H2/t29-,33?/m1/s1. The van der Waals surface area contributed by atoms with Gasteiger partial charge in [-0.15, -0.1) is 0 Å². The van der Waals surface area contributed by atoms with E-state index in [0.717, 1.165) is 58.7 Å². The maximum absolute atomic E-state index is 14.4. The fourth-order valence-corrected chi connectivity index (χ4v) is 5.32. The first-order chi connectivity index (χ1) is 18.1. The molecule has 37 heavy (non-hydrogen) atoms. The van der Waals surface area contributed by atoms with Gasteiger partial charge in [0.1, 0.15) is 5.82 Å². The molecular weight excluding hydrogens is 455 g/mol. The van der Waals surface area contributed by atoms with Crippen LogP contribution in [0.3, 0.4) is 0 Å². The first-order valence-corrected chi connectivity index (χ1v) is 13.0. The van der Waals surface area contributed by atoms with E-state index in [4.69, 9.17) is 11.5 Å². The molecule has 1 unspecified atom stereocenters. The zero-order valence-electron chi connectivity index (χ0n) is 21.0. The van der Waals surface area contributed by atoms with Gasteiger partial charge in [0.25, 0.3) is 0 Å². The Morgan fingerprint density at radius 3 is 1.97 bits per heavy atom. The second kappa shape index (κ2) is 11.5. The minimum absolute atomic E-state index is 0.0382. The number of aryl methyl sites for hydroxylation is 1. The third-order valence-corrected chi connectivity index (χ3v) is 7.09. The molecule has 0 saturated heterocycles. The molecule has 5 aromatic carbocycles. The summed E-state index contributed by atoms with van der Waals surface area (Å²) in [6, 6.07) is 37.9. The van der Waals surface area contributed by atoms with Crippen molar-refractivity contribution in [3.05, 3.63) is 143 Å². The molecule has 0 aliphatic carbocycles. The van der Waals surface area contributed by atoms with Crippen LogP contribution in [0.4, 0.5) is 4.39 Å². The van der Waals surface area contributed by atoms with Crippen LogP contribution in [0.1, 0.15) is 34.7 Å². The monoisotopic (exact) mass is 488 g/mol. The molecular formula is C34H33FN2. The van der Waals surface area contributed by atoms with Crippen molar-refractivity contribution < 1.29 is 4.39 Å². The molecule has 0 amide bonds. The number of rotatable bonds is 9. The van der Waals surface area contributed by atoms with Crippen LogP contribution in [0, 0.1) is 5.82 Å². The van der Waals surface area contributed by atoms with Gasteiger partial charge < -0.3 is 11.5 Å². The molecule has 0 aliphatic heterocycles. The van der Waals surface area contributed by atoms with Gasteiger partial charge in [-0.3, -0.25) is 0 Å². The largest absolute Gasteiger partial charge is 0.327 e. The Balaban J connectivity index is 1.56. The number of halogens is 1. The van der Waals surface area contributed by atoms with Gasteiger partial charge >= 0.3 is 0 Å². The summed E-state index contributed by atoms with van der Waals surface area (Å²) < 4.78 is 14.4. The van der Waals surface area contributed by atoms with Gasteiger partial charge in [-0.05, 0) is 82.0 Å². The van der Waals surface area contributed by atoms with Gasteiger partial charge in [0.05, 0.1) is 0 Å². The SMILES string of the molecule is NC(CCc1ccccc1)c1c(-c2cccc(F)c2)cc(C[C@H](N)Cc2ccccc2)c2ccccc12. The molecule has 2 atom stereocenters. The molecule has 0 aliphatic rings. The Morgan fingerprint density at radius 1 is 0.622 bits per heavy atom. The van der Waals surface area contributed by atoms with Crippen molar-refractivity contribution in [2.45, 2.75) is 37.8 Å². The Morgan fingerprint density at radius 2 is 1.27 bits per heavy atom. The molecule has 4 N–H and O–H groups in total. The van der Waals surface area contributed by atoms with Crippen LogP contribution >= 0.6 is 0 Å². The topological polar surface area (TPSA) is 52.0 Å². The van der Waals surface area contributed by atoms with Crippen molar-refractivity contribution in [2.24, 2.45) is 11.5 Å². The first-order valence-electron chi connectivity index (χ1n) is 13.0. The van der Waals surface area contributed by atoms with Gasteiger partial charge in [0.15, 0.2) is 0 Å². The first kappa shape index (κ1) is 24.9. The van der Waals surface area contributed by atoms with Crippen LogP contribution in [-0.2, 0) is 19.3 Å². The summed E-state index contributed by atoms with van der Waals surface area (Å²) >= 11 is 0. The molecule has 2 nitrogen and oxygen atoms in total. The van der Waals surface area contributed by atoms with Crippen LogP contribution in [0.2, 0.25) is 0 Å². The Hall–Kier alpha value is -3.79. The maximum Gasteiger partial charge on any atom is 0.123 e. The van der Waals surface area contributed by atoms with Gasteiger partial charge in [-0.2, -0.15) is 0 Å². The lowest BCUT2D eigenvalue weighted by atomic mass is 9.84. The smallest absolute Gasteiger partial charge is 0.123 e. The summed E-state index contributed by atoms with van der Waals surface area (Å²) in [6.45, 7) is 0. The van der Waals surface area contributed by atoms with Crippen molar-refractivity contribution in [3.8, 4) is 11.1 Å². The molecule has 3 heteroatoms. The highest BCUT2D eigenvalue weighted by molar-refractivity contribution is 5.95. The highest BCUT2D eigenvalue weighted by Gasteiger charge is 2.20. The predicted molar refractivity (Wildman–Crippen MR) is 153 cm³/mol. The van der Waals surface area contributed by atoms with Gasteiger partial charge in [-0.1, -0.05) is 103 Å². The molecule has 0 bridgehead atoms. The zero-order valence-corrected chi connectivity index (χ0v) is 21.0. The fourth-order valence-electron chi connectivity index (χ4n) is 5.32. The summed E-state index contributed by atoms with van der Waals surface area (Å²) in [5.41, 5.74) is 20.1. The highest BCUT2D eigenvalue weighted by atomic mass is 19.1. The summed E-state index contributed by atoms with van der Waals surface area (Å²) in [7, 11) is 0. The number of fused-ring (bicyclic) bond motifs is 1. The Bertz CT molecular complexity index is 1460. The van der Waals surface area contributed by atoms with Crippen molar-refractivity contribution in [1.82, 2.24) is 0 Å². The van der Waals surface area contributed by atoms with Gasteiger partial charge in [0, 0.05) is 12.1 Å². The van der Waals surface area contributed by atoms with E-state index in [-0.39, 0.29) is 17.9 Å². The Labute approximate surface area is 218 Å². The average Bonchev–Trinajstić information content (AvgIpc) is 2.92. The summed E-state index contributed by atoms with van der Waals surface area (Å²) in [6.07, 6.45) is 3.19. The van der Waals surface area contributed by atoms with Gasteiger partial charge in [-0.25, -0.2) is 4.39 Å². The van der Waals surface area contributed by atoms with E-state index in [1.807, 2.05) is 30.3 Å². The number of hydrogen-bond donors (Lipinski definition) is 2. The van der Waals surface area contributed by atoms with Crippen molar-refractivity contribution >= 4 is 10.8 Å². The highest BCUT2D eigenvalue weighted by Crippen LogP contribution is 2.38. The second-order valence-electron chi connectivity index (χ2n) is 9.84. The quantitative estimate of drug-likeness (QED) is 0.227. The van der Waals surface area contributed by atoms with E-state index in [0.29, 0.717) is 0 Å². The molecule has 0 spiro atoms. The van der Waals surface area contributed by atoms with E-state index >= 15 is 0 Å². The van der Waals surface area contributed by atoms with Crippen LogP contribution in [-0.4, -0.2) is 6.04 Å². The van der Waals surface area contributed by atoms with Crippen molar-refractivity contribution in [1.29, 1.82) is 0 Å². The lowest BCUT2D eigenvalue weighted by Crippen LogP contribution is -2.25. The minimum Gasteiger partial charge on any atom is -0.327 e. The van der Waals surface area contributed by atoms with Crippen LogP contribution in [0.5, 0.6) is 0 Å². The lowest BCUT2D eigenvalue weighted by Gasteiger charge is -2.23. The second-order valence-corrected chi connectivity index (χ2v) is 9.84. The van der Waals surface area contributed by atoms with E-state index < -0.39 is 0 Å². The van der Waals surface area contributed by atoms with Gasteiger partial charge in [0.2, 0.25) is 0 Å². The average molecular weight is 489 g/mol. The van der Waals surface area contributed by atoms with Crippen LogP contribution in [0.25, 0.3) is 21.9 Å². The van der Waals surface area contributed by atoms with Crippen molar-refractivity contribution in [2.75, 3.05) is 0 Å². The molecule has 186 valence electrons. The molecule has 5 aromatic rings. The molecule has 0 aromatic heterocycles. The molecule has 5 rings (SSSR count). The number of nitrogens with two attached hydrogens (primary N) is 2. The number of hydrogen-bond acceptors (Lipinski definition) is 2. The van der Waals surface area contributed by atoms with E-state index in [1.54, 1.807) is 12.1 Å². The van der Waals surface area contributed by atoms with E-state index in [1.165, 1.54) is 17.2 Å². The molecule has 0 heterocycles. The lowest BCUT2D eigenvalue weighted by molar-refractivity contribution is 0.628. The molecule has 0 radical (unpaired) electrons. The molecule has 0 fully saturated rings. The van der Waals surface area contributed by atoms with E-state index in [2.05, 4.69) is 66.7 Å². The summed E-state index contributed by atoms with van der Waals surface area (Å²) in [4.78, 5) is 0. The third kappa shape index (κ3) is 5.96. The normalized spacial score (nSPS) is 12.9. The summed E-state index contributed by atoms with van der Waals surface area (Å²) in [5.74, 6) is -0.253. The van der Waals surface area contributed by atoms with Crippen LogP contribution < -0.4 is 11.5 Å². The fraction of sp³-hybridized carbons (Fsp3) is 0.176. The Kier molecular flexibility index (Phi) is 7.74. The third-order valence-electron chi connectivity index (χ3n) is 7.09.